The number of thioether (sulfide) groups is 2. The number of nitrogens with zero attached hydrogens (tertiary/aromatic N) is 5. The molecule has 1 amide bonds. The Labute approximate surface area is 132 Å². The van der Waals surface area contributed by atoms with Gasteiger partial charge in [-0.15, -0.1) is 20.4 Å². The number of hydrogen-bond donors (Lipinski definition) is 4. The standard InChI is InChI=1S/C8H13N9OS3/c1-2-19-8-16-14-6(21-8)11-4(18)3-20-7-15-13-5(12-9)17(7)10/h2-3,9-10H2,1H3,(H,12,13)(H,11,14,18). The van der Waals surface area contributed by atoms with Crippen molar-refractivity contribution in [3.8, 4) is 0 Å². The lowest BCUT2D eigenvalue weighted by molar-refractivity contribution is -0.113. The first-order valence-electron chi connectivity index (χ1n) is 5.70. The van der Waals surface area contributed by atoms with Crippen LogP contribution in [-0.4, -0.2) is 42.5 Å². The van der Waals surface area contributed by atoms with Gasteiger partial charge in [0.2, 0.25) is 16.2 Å². The van der Waals surface area contributed by atoms with Gasteiger partial charge < -0.3 is 5.84 Å². The Balaban J connectivity index is 1.85. The molecule has 0 saturated carbocycles. The molecule has 0 saturated heterocycles. The zero-order chi connectivity index (χ0) is 15.2. The van der Waals surface area contributed by atoms with Crippen LogP contribution in [0.3, 0.4) is 0 Å². The zero-order valence-corrected chi connectivity index (χ0v) is 13.4. The summed E-state index contributed by atoms with van der Waals surface area (Å²) < 4.78 is 1.99. The van der Waals surface area contributed by atoms with Crippen LogP contribution >= 0.6 is 34.9 Å². The van der Waals surface area contributed by atoms with E-state index in [2.05, 4.69) is 31.1 Å². The van der Waals surface area contributed by atoms with E-state index in [0.29, 0.717) is 10.3 Å². The predicted octanol–water partition coefficient (Wildman–Crippen LogP) is -0.0282. The molecule has 0 spiro atoms. The van der Waals surface area contributed by atoms with Crippen molar-refractivity contribution in [2.24, 2.45) is 5.84 Å². The highest BCUT2D eigenvalue weighted by atomic mass is 32.2. The number of rotatable bonds is 7. The van der Waals surface area contributed by atoms with Crippen LogP contribution in [-0.2, 0) is 4.79 Å². The zero-order valence-electron chi connectivity index (χ0n) is 10.9. The molecule has 21 heavy (non-hydrogen) atoms. The van der Waals surface area contributed by atoms with E-state index in [1.54, 1.807) is 11.8 Å². The van der Waals surface area contributed by atoms with Gasteiger partial charge in [-0.3, -0.25) is 15.5 Å². The molecule has 0 fully saturated rings. The second-order valence-electron chi connectivity index (χ2n) is 3.46. The summed E-state index contributed by atoms with van der Waals surface area (Å²) in [6, 6.07) is 0. The van der Waals surface area contributed by atoms with Crippen LogP contribution in [0.2, 0.25) is 0 Å². The number of hydrazine groups is 1. The normalized spacial score (nSPS) is 10.6. The highest BCUT2D eigenvalue weighted by Crippen LogP contribution is 2.25. The molecule has 0 unspecified atom stereocenters. The van der Waals surface area contributed by atoms with Crippen LogP contribution in [0.25, 0.3) is 0 Å². The van der Waals surface area contributed by atoms with Gasteiger partial charge in [0.1, 0.15) is 0 Å². The maximum Gasteiger partial charge on any atom is 0.258 e. The minimum absolute atomic E-state index is 0.121. The van der Waals surface area contributed by atoms with Crippen molar-refractivity contribution in [2.45, 2.75) is 16.4 Å². The van der Waals surface area contributed by atoms with Gasteiger partial charge in [0.05, 0.1) is 5.75 Å². The summed E-state index contributed by atoms with van der Waals surface area (Å²) in [5, 5.41) is 18.8. The molecule has 13 heteroatoms. The molecule has 2 aromatic heterocycles. The maximum absolute atomic E-state index is 11.8. The monoisotopic (exact) mass is 347 g/mol. The van der Waals surface area contributed by atoms with E-state index in [1.807, 2.05) is 6.92 Å². The molecule has 10 nitrogen and oxygen atoms in total. The molecule has 2 rings (SSSR count). The van der Waals surface area contributed by atoms with Gasteiger partial charge in [-0.05, 0) is 5.75 Å². The quantitative estimate of drug-likeness (QED) is 0.233. The maximum atomic E-state index is 11.8. The molecule has 6 N–H and O–H groups in total. The Hall–Kier alpha value is -1.57. The predicted molar refractivity (Wildman–Crippen MR) is 83.6 cm³/mol. The molecular weight excluding hydrogens is 334 g/mol. The van der Waals surface area contributed by atoms with Crippen LogP contribution in [0, 0.1) is 0 Å². The van der Waals surface area contributed by atoms with Crippen LogP contribution < -0.4 is 22.4 Å². The van der Waals surface area contributed by atoms with Gasteiger partial charge in [0.25, 0.3) is 5.95 Å². The van der Waals surface area contributed by atoms with Gasteiger partial charge in [-0.2, -0.15) is 0 Å². The van der Waals surface area contributed by atoms with Gasteiger partial charge in [-0.25, -0.2) is 10.5 Å². The lowest BCUT2D eigenvalue weighted by Gasteiger charge is -2.02. The number of anilines is 2. The summed E-state index contributed by atoms with van der Waals surface area (Å²) >= 11 is 4.04. The summed E-state index contributed by atoms with van der Waals surface area (Å²) in [5.74, 6) is 11.9. The topological polar surface area (TPSA) is 150 Å². The van der Waals surface area contributed by atoms with Crippen molar-refractivity contribution in [1.29, 1.82) is 0 Å². The Morgan fingerprint density at radius 3 is 2.81 bits per heavy atom. The van der Waals surface area contributed by atoms with Gasteiger partial charge >= 0.3 is 0 Å². The lowest BCUT2D eigenvalue weighted by Crippen LogP contribution is -2.19. The molecule has 2 aromatic rings. The van der Waals surface area contributed by atoms with E-state index >= 15 is 0 Å². The molecule has 0 aliphatic carbocycles. The van der Waals surface area contributed by atoms with E-state index in [1.165, 1.54) is 16.0 Å². The Morgan fingerprint density at radius 1 is 1.33 bits per heavy atom. The molecule has 0 aliphatic heterocycles. The number of amides is 1. The van der Waals surface area contributed by atoms with Crippen molar-refractivity contribution in [3.05, 3.63) is 0 Å². The van der Waals surface area contributed by atoms with Crippen molar-refractivity contribution >= 4 is 51.8 Å². The van der Waals surface area contributed by atoms with E-state index in [0.717, 1.165) is 21.9 Å². The Kier molecular flexibility index (Phi) is 5.60. The van der Waals surface area contributed by atoms with Crippen molar-refractivity contribution in [3.63, 3.8) is 0 Å². The molecule has 0 aromatic carbocycles. The largest absolute Gasteiger partial charge is 0.334 e. The second-order valence-corrected chi connectivity index (χ2v) is 6.89. The van der Waals surface area contributed by atoms with Crippen LogP contribution in [0.5, 0.6) is 0 Å². The number of hydrogen-bond acceptors (Lipinski definition) is 11. The van der Waals surface area contributed by atoms with Gasteiger partial charge in [0, 0.05) is 0 Å². The second kappa shape index (κ2) is 7.44. The first-order chi connectivity index (χ1) is 10.1. The van der Waals surface area contributed by atoms with Crippen molar-refractivity contribution in [1.82, 2.24) is 25.1 Å². The molecule has 0 aliphatic rings. The molecule has 0 bridgehead atoms. The molecule has 114 valence electrons. The lowest BCUT2D eigenvalue weighted by atomic mass is 10.7. The Morgan fingerprint density at radius 2 is 2.14 bits per heavy atom. The van der Waals surface area contributed by atoms with Gasteiger partial charge in [-0.1, -0.05) is 41.8 Å². The average molecular weight is 347 g/mol. The minimum atomic E-state index is -0.227. The van der Waals surface area contributed by atoms with E-state index in [4.69, 9.17) is 11.7 Å². The highest BCUT2D eigenvalue weighted by Gasteiger charge is 2.13. The fraction of sp³-hybridized carbons (Fsp3) is 0.375. The molecule has 2 heterocycles. The van der Waals surface area contributed by atoms with Crippen LogP contribution in [0.4, 0.5) is 11.1 Å². The molecular formula is C8H13N9OS3. The summed E-state index contributed by atoms with van der Waals surface area (Å²) in [6.45, 7) is 2.02. The summed E-state index contributed by atoms with van der Waals surface area (Å²) in [6.07, 6.45) is 0. The third kappa shape index (κ3) is 4.20. The third-order valence-electron chi connectivity index (χ3n) is 2.05. The first kappa shape index (κ1) is 15.8. The number of nitrogens with one attached hydrogen (secondary N) is 2. The fourth-order valence-electron chi connectivity index (χ4n) is 1.20. The smallest absolute Gasteiger partial charge is 0.258 e. The number of nitrogens with two attached hydrogens (primary N) is 2. The minimum Gasteiger partial charge on any atom is -0.334 e. The van der Waals surface area contributed by atoms with E-state index in [-0.39, 0.29) is 17.6 Å². The first-order valence-corrected chi connectivity index (χ1v) is 8.48. The summed E-state index contributed by atoms with van der Waals surface area (Å²) in [7, 11) is 0. The highest BCUT2D eigenvalue weighted by molar-refractivity contribution is 8.01. The fourth-order valence-corrected chi connectivity index (χ4v) is 3.52. The number of carbonyl (C=O) groups is 1. The molecule has 0 radical (unpaired) electrons. The SMILES string of the molecule is CCSc1nnc(NC(=O)CSc2nnc(NN)n2N)s1. The van der Waals surface area contributed by atoms with Gasteiger partial charge in [0.15, 0.2) is 4.34 Å². The van der Waals surface area contributed by atoms with E-state index in [9.17, 15) is 4.79 Å². The third-order valence-corrected chi connectivity index (χ3v) is 4.84. The number of carbonyl (C=O) groups excluding carboxylic acids is 1. The van der Waals surface area contributed by atoms with Crippen molar-refractivity contribution in [2.75, 3.05) is 28.1 Å². The number of aromatic nitrogens is 5. The average Bonchev–Trinajstić information content (AvgIpc) is 3.04. The van der Waals surface area contributed by atoms with Crippen LogP contribution in [0.15, 0.2) is 9.50 Å². The molecule has 0 atom stereocenters. The van der Waals surface area contributed by atoms with Crippen LogP contribution in [0.1, 0.15) is 6.92 Å². The summed E-state index contributed by atoms with van der Waals surface area (Å²) in [5.41, 5.74) is 2.29. The number of nitrogen functional groups attached to an aromatic ring is 2. The summed E-state index contributed by atoms with van der Waals surface area (Å²) in [4.78, 5) is 11.8. The Bertz CT molecular complexity index is 612. The van der Waals surface area contributed by atoms with E-state index < -0.39 is 0 Å². The van der Waals surface area contributed by atoms with Crippen molar-refractivity contribution < 1.29 is 4.79 Å².